The van der Waals surface area contributed by atoms with E-state index < -0.39 is 29.6 Å². The number of amides is 1. The van der Waals surface area contributed by atoms with E-state index in [4.69, 9.17) is 9.47 Å². The fourth-order valence-corrected chi connectivity index (χ4v) is 2.80. The number of hydrogen-bond acceptors (Lipinski definition) is 4. The molecule has 0 aromatic heterocycles. The number of methoxy groups -OCH3 is 1. The van der Waals surface area contributed by atoms with E-state index in [9.17, 15) is 14.7 Å². The summed E-state index contributed by atoms with van der Waals surface area (Å²) < 4.78 is 10.5. The van der Waals surface area contributed by atoms with E-state index in [1.165, 1.54) is 0 Å². The van der Waals surface area contributed by atoms with Gasteiger partial charge in [-0.05, 0) is 56.9 Å². The highest BCUT2D eigenvalue weighted by atomic mass is 16.6. The Morgan fingerprint density at radius 3 is 2.57 bits per heavy atom. The van der Waals surface area contributed by atoms with Gasteiger partial charge >= 0.3 is 12.1 Å². The Morgan fingerprint density at radius 2 is 2.00 bits per heavy atom. The number of fused-ring (bicyclic) bond motifs is 1. The molecule has 2 atom stereocenters. The molecule has 6 nitrogen and oxygen atoms in total. The van der Waals surface area contributed by atoms with E-state index in [1.807, 2.05) is 12.1 Å². The van der Waals surface area contributed by atoms with Crippen molar-refractivity contribution < 1.29 is 24.2 Å². The smallest absolute Gasteiger partial charge is 0.408 e. The number of ether oxygens (including phenoxy) is 2. The molecule has 0 unspecified atom stereocenters. The van der Waals surface area contributed by atoms with Gasteiger partial charge in [0.15, 0.2) is 0 Å². The molecule has 1 amide bonds. The maximum atomic E-state index is 12.1. The average Bonchev–Trinajstić information content (AvgIpc) is 2.44. The van der Waals surface area contributed by atoms with Crippen molar-refractivity contribution >= 4 is 12.1 Å². The van der Waals surface area contributed by atoms with Crippen LogP contribution in [0.5, 0.6) is 5.75 Å². The third-order valence-corrected chi connectivity index (χ3v) is 3.80. The number of hydrogen-bond donors (Lipinski definition) is 2. The molecule has 0 fully saturated rings. The van der Waals surface area contributed by atoms with Crippen LogP contribution in [0.4, 0.5) is 4.79 Å². The van der Waals surface area contributed by atoms with Crippen molar-refractivity contribution in [2.24, 2.45) is 5.92 Å². The van der Waals surface area contributed by atoms with Crippen molar-refractivity contribution in [3.8, 4) is 5.75 Å². The van der Waals surface area contributed by atoms with Crippen LogP contribution in [0, 0.1) is 5.92 Å². The Hall–Kier alpha value is -2.24. The average molecular weight is 321 g/mol. The minimum Gasteiger partial charge on any atom is -0.497 e. The Kier molecular flexibility index (Phi) is 4.82. The summed E-state index contributed by atoms with van der Waals surface area (Å²) in [6.45, 7) is 5.29. The van der Waals surface area contributed by atoms with Gasteiger partial charge < -0.3 is 19.9 Å². The first-order valence-electron chi connectivity index (χ1n) is 7.60. The molecule has 126 valence electrons. The van der Waals surface area contributed by atoms with Crippen molar-refractivity contribution in [3.63, 3.8) is 0 Å². The number of aryl methyl sites for hydroxylation is 1. The maximum absolute atomic E-state index is 12.1. The lowest BCUT2D eigenvalue weighted by Crippen LogP contribution is -2.42. The summed E-state index contributed by atoms with van der Waals surface area (Å²) in [7, 11) is 1.58. The van der Waals surface area contributed by atoms with Crippen LogP contribution in [-0.4, -0.2) is 29.9 Å². The summed E-state index contributed by atoms with van der Waals surface area (Å²) in [5, 5.41) is 12.2. The standard InChI is InChI=1S/C17H23NO5/c1-17(2,3)23-16(21)18-14-12-8-6-11(22-4)9-10(12)5-7-13(14)15(19)20/h6,8-9,13-14H,5,7H2,1-4H3,(H,18,21)(H,19,20)/t13-,14+/m1/s1. The molecule has 0 saturated carbocycles. The predicted molar refractivity (Wildman–Crippen MR) is 84.6 cm³/mol. The highest BCUT2D eigenvalue weighted by Gasteiger charge is 2.36. The van der Waals surface area contributed by atoms with Gasteiger partial charge in [0.2, 0.25) is 0 Å². The lowest BCUT2D eigenvalue weighted by molar-refractivity contribution is -0.143. The van der Waals surface area contributed by atoms with E-state index in [-0.39, 0.29) is 0 Å². The molecule has 2 rings (SSSR count). The fourth-order valence-electron chi connectivity index (χ4n) is 2.80. The van der Waals surface area contributed by atoms with Crippen molar-refractivity contribution in [2.45, 2.75) is 45.3 Å². The van der Waals surface area contributed by atoms with Crippen LogP contribution >= 0.6 is 0 Å². The first-order valence-corrected chi connectivity index (χ1v) is 7.60. The molecule has 1 aliphatic carbocycles. The molecular weight excluding hydrogens is 298 g/mol. The van der Waals surface area contributed by atoms with Gasteiger partial charge in [0.1, 0.15) is 11.4 Å². The van der Waals surface area contributed by atoms with Crippen LogP contribution in [-0.2, 0) is 16.0 Å². The Labute approximate surface area is 135 Å². The predicted octanol–water partition coefficient (Wildman–Crippen LogP) is 2.91. The minimum absolute atomic E-state index is 0.454. The minimum atomic E-state index is -0.924. The second-order valence-electron chi connectivity index (χ2n) is 6.67. The molecule has 1 aliphatic rings. The van der Waals surface area contributed by atoms with Gasteiger partial charge in [-0.2, -0.15) is 0 Å². The number of carbonyl (C=O) groups is 2. The Morgan fingerprint density at radius 1 is 1.30 bits per heavy atom. The fraction of sp³-hybridized carbons (Fsp3) is 0.529. The molecule has 0 saturated heterocycles. The second kappa shape index (κ2) is 6.48. The van der Waals surface area contributed by atoms with E-state index in [1.54, 1.807) is 33.9 Å². The SMILES string of the molecule is COc1ccc2c(c1)CC[C@@H](C(=O)O)[C@H]2NC(=O)OC(C)(C)C. The van der Waals surface area contributed by atoms with Crippen LogP contribution < -0.4 is 10.1 Å². The summed E-state index contributed by atoms with van der Waals surface area (Å²) >= 11 is 0. The zero-order chi connectivity index (χ0) is 17.2. The second-order valence-corrected chi connectivity index (χ2v) is 6.67. The van der Waals surface area contributed by atoms with Crippen molar-refractivity contribution in [1.29, 1.82) is 0 Å². The summed E-state index contributed by atoms with van der Waals surface area (Å²) in [5.41, 5.74) is 1.15. The molecule has 0 aliphatic heterocycles. The van der Waals surface area contributed by atoms with Crippen LogP contribution in [0.1, 0.15) is 44.4 Å². The van der Waals surface area contributed by atoms with E-state index in [0.29, 0.717) is 18.6 Å². The zero-order valence-corrected chi connectivity index (χ0v) is 13.9. The Bertz CT molecular complexity index is 605. The zero-order valence-electron chi connectivity index (χ0n) is 13.9. The highest BCUT2D eigenvalue weighted by molar-refractivity contribution is 5.75. The van der Waals surface area contributed by atoms with Gasteiger partial charge in [-0.1, -0.05) is 6.07 Å². The van der Waals surface area contributed by atoms with Crippen LogP contribution in [0.15, 0.2) is 18.2 Å². The third kappa shape index (κ3) is 4.15. The van der Waals surface area contributed by atoms with E-state index in [0.717, 1.165) is 11.1 Å². The van der Waals surface area contributed by atoms with Crippen molar-refractivity contribution in [1.82, 2.24) is 5.32 Å². The molecule has 0 spiro atoms. The van der Waals surface area contributed by atoms with Gasteiger partial charge in [-0.3, -0.25) is 4.79 Å². The summed E-state index contributed by atoms with van der Waals surface area (Å²) in [6.07, 6.45) is 0.476. The number of carboxylic acids is 1. The number of alkyl carbamates (subject to hydrolysis) is 1. The lowest BCUT2D eigenvalue weighted by atomic mass is 9.79. The molecule has 2 N–H and O–H groups in total. The van der Waals surface area contributed by atoms with E-state index in [2.05, 4.69) is 5.32 Å². The van der Waals surface area contributed by atoms with Crippen LogP contribution in [0.2, 0.25) is 0 Å². The van der Waals surface area contributed by atoms with Gasteiger partial charge in [-0.15, -0.1) is 0 Å². The van der Waals surface area contributed by atoms with Gasteiger partial charge in [0.05, 0.1) is 19.1 Å². The molecule has 0 radical (unpaired) electrons. The van der Waals surface area contributed by atoms with Crippen LogP contribution in [0.25, 0.3) is 0 Å². The highest BCUT2D eigenvalue weighted by Crippen LogP contribution is 2.36. The first-order chi connectivity index (χ1) is 10.7. The number of carboxylic acid groups (broad SMARTS) is 1. The topological polar surface area (TPSA) is 84.9 Å². The summed E-state index contributed by atoms with van der Waals surface area (Å²) in [6, 6.07) is 4.85. The van der Waals surface area contributed by atoms with E-state index >= 15 is 0 Å². The lowest BCUT2D eigenvalue weighted by Gasteiger charge is -2.32. The quantitative estimate of drug-likeness (QED) is 0.894. The van der Waals surface area contributed by atoms with Gasteiger partial charge in [0, 0.05) is 0 Å². The largest absolute Gasteiger partial charge is 0.497 e. The number of benzene rings is 1. The van der Waals surface area contributed by atoms with Crippen molar-refractivity contribution in [3.05, 3.63) is 29.3 Å². The molecule has 0 bridgehead atoms. The normalized spacial score (nSPS) is 20.3. The first kappa shape index (κ1) is 17.1. The van der Waals surface area contributed by atoms with Gasteiger partial charge in [0.25, 0.3) is 0 Å². The molecular formula is C17H23NO5. The van der Waals surface area contributed by atoms with Crippen molar-refractivity contribution in [2.75, 3.05) is 7.11 Å². The number of aliphatic carboxylic acids is 1. The maximum Gasteiger partial charge on any atom is 0.408 e. The summed E-state index contributed by atoms with van der Waals surface area (Å²) in [5.74, 6) is -0.885. The molecule has 23 heavy (non-hydrogen) atoms. The molecule has 0 heterocycles. The molecule has 1 aromatic rings. The van der Waals surface area contributed by atoms with Gasteiger partial charge in [-0.25, -0.2) is 4.79 Å². The monoisotopic (exact) mass is 321 g/mol. The number of rotatable bonds is 3. The summed E-state index contributed by atoms with van der Waals surface area (Å²) in [4.78, 5) is 23.6. The number of carbonyl (C=O) groups excluding carboxylic acids is 1. The third-order valence-electron chi connectivity index (χ3n) is 3.80. The molecule has 6 heteroatoms. The van der Waals surface area contributed by atoms with Crippen LogP contribution in [0.3, 0.4) is 0 Å². The Balaban J connectivity index is 2.29. The molecule has 1 aromatic carbocycles. The number of nitrogens with one attached hydrogen (secondary N) is 1.